The Morgan fingerprint density at radius 1 is 1.33 bits per heavy atom. The van der Waals surface area contributed by atoms with Gasteiger partial charge in [0.2, 0.25) is 0 Å². The van der Waals surface area contributed by atoms with Crippen LogP contribution in [-0.2, 0) is 18.3 Å². The first-order chi connectivity index (χ1) is 13.0. The number of carbonyl (C=O) groups is 1. The Hall–Kier alpha value is -2.48. The van der Waals surface area contributed by atoms with Crippen LogP contribution in [0.5, 0.6) is 0 Å². The molecular weight excluding hydrogens is 364 g/mol. The third-order valence-corrected chi connectivity index (χ3v) is 6.22. The molecule has 0 atom stereocenters. The first kappa shape index (κ1) is 17.9. The molecule has 7 nitrogen and oxygen atoms in total. The van der Waals surface area contributed by atoms with Crippen molar-refractivity contribution in [1.29, 1.82) is 0 Å². The molecule has 0 spiro atoms. The highest BCUT2D eigenvalue weighted by Crippen LogP contribution is 2.29. The van der Waals surface area contributed by atoms with E-state index < -0.39 is 0 Å². The highest BCUT2D eigenvalue weighted by molar-refractivity contribution is 7.20. The second-order valence-corrected chi connectivity index (χ2v) is 8.10. The van der Waals surface area contributed by atoms with Crippen molar-refractivity contribution in [3.8, 4) is 0 Å². The van der Waals surface area contributed by atoms with E-state index in [2.05, 4.69) is 10.1 Å². The van der Waals surface area contributed by atoms with Crippen LogP contribution >= 0.6 is 11.3 Å². The summed E-state index contributed by atoms with van der Waals surface area (Å²) in [5, 5.41) is 4.63. The molecule has 8 heteroatoms. The number of ether oxygens (including phenoxy) is 1. The molecule has 0 unspecified atom stereocenters. The van der Waals surface area contributed by atoms with Gasteiger partial charge in [0.15, 0.2) is 0 Å². The highest BCUT2D eigenvalue weighted by atomic mass is 32.1. The largest absolute Gasteiger partial charge is 0.458 e. The van der Waals surface area contributed by atoms with Crippen LogP contribution < -0.4 is 5.56 Å². The van der Waals surface area contributed by atoms with Crippen molar-refractivity contribution >= 4 is 27.5 Å². The summed E-state index contributed by atoms with van der Waals surface area (Å²) < 4.78 is 8.93. The Labute approximate surface area is 160 Å². The van der Waals surface area contributed by atoms with Crippen LogP contribution in [0.4, 0.5) is 0 Å². The van der Waals surface area contributed by atoms with Crippen LogP contribution in [0.2, 0.25) is 0 Å². The molecule has 3 aromatic heterocycles. The van der Waals surface area contributed by atoms with Crippen LogP contribution in [0.1, 0.15) is 52.9 Å². The molecule has 0 bridgehead atoms. The van der Waals surface area contributed by atoms with E-state index >= 15 is 0 Å². The topological polar surface area (TPSA) is 79.0 Å². The number of aryl methyl sites for hydroxylation is 2. The molecule has 3 aromatic rings. The van der Waals surface area contributed by atoms with E-state index in [-0.39, 0.29) is 17.6 Å². The highest BCUT2D eigenvalue weighted by Gasteiger charge is 2.24. The smallest absolute Gasteiger partial charge is 0.348 e. The Balaban J connectivity index is 1.64. The van der Waals surface area contributed by atoms with E-state index in [1.165, 1.54) is 24.1 Å². The standard InChI is InChI=1S/C19H22N4O3S/c1-12-15-17(27-16(12)19(25)26-14-6-4-3-5-7-14)20-11-23(18(15)24)10-13-8-21-22(2)9-13/h8-9,11,14H,3-7,10H2,1-2H3. The fourth-order valence-electron chi connectivity index (χ4n) is 3.60. The van der Waals surface area contributed by atoms with Gasteiger partial charge >= 0.3 is 5.97 Å². The van der Waals surface area contributed by atoms with Gasteiger partial charge < -0.3 is 4.74 Å². The Kier molecular flexibility index (Phi) is 4.82. The van der Waals surface area contributed by atoms with Gasteiger partial charge in [-0.3, -0.25) is 14.0 Å². The first-order valence-electron chi connectivity index (χ1n) is 9.20. The maximum Gasteiger partial charge on any atom is 0.348 e. The summed E-state index contributed by atoms with van der Waals surface area (Å²) in [4.78, 5) is 31.0. The van der Waals surface area contributed by atoms with Crippen molar-refractivity contribution in [1.82, 2.24) is 19.3 Å². The lowest BCUT2D eigenvalue weighted by atomic mass is 9.98. The van der Waals surface area contributed by atoms with Gasteiger partial charge in [-0.1, -0.05) is 6.42 Å². The van der Waals surface area contributed by atoms with Crippen LogP contribution in [-0.4, -0.2) is 31.4 Å². The summed E-state index contributed by atoms with van der Waals surface area (Å²) in [6, 6.07) is 0. The SMILES string of the molecule is Cc1c(C(=O)OC2CCCCC2)sc2ncn(Cc3cnn(C)c3)c(=O)c12. The Morgan fingerprint density at radius 3 is 2.81 bits per heavy atom. The van der Waals surface area contributed by atoms with Gasteiger partial charge in [0.25, 0.3) is 5.56 Å². The molecule has 0 amide bonds. The van der Waals surface area contributed by atoms with Crippen molar-refractivity contribution in [2.24, 2.45) is 7.05 Å². The molecule has 3 heterocycles. The lowest BCUT2D eigenvalue weighted by Gasteiger charge is -2.21. The predicted octanol–water partition coefficient (Wildman–Crippen LogP) is 3.04. The molecular formula is C19H22N4O3S. The second-order valence-electron chi connectivity index (χ2n) is 7.10. The number of fused-ring (bicyclic) bond motifs is 1. The number of thiophene rings is 1. The summed E-state index contributed by atoms with van der Waals surface area (Å²) in [5.74, 6) is -0.333. The van der Waals surface area contributed by atoms with Gasteiger partial charge in [-0.05, 0) is 38.2 Å². The summed E-state index contributed by atoms with van der Waals surface area (Å²) in [7, 11) is 1.83. The number of hydrogen-bond acceptors (Lipinski definition) is 6. The molecule has 0 aromatic carbocycles. The predicted molar refractivity (Wildman–Crippen MR) is 103 cm³/mol. The zero-order chi connectivity index (χ0) is 19.0. The number of hydrogen-bond donors (Lipinski definition) is 0. The molecule has 1 fully saturated rings. The maximum absolute atomic E-state index is 12.9. The average molecular weight is 386 g/mol. The monoisotopic (exact) mass is 386 g/mol. The Bertz CT molecular complexity index is 1040. The number of esters is 1. The molecule has 1 aliphatic carbocycles. The third kappa shape index (κ3) is 3.53. The van der Waals surface area contributed by atoms with Gasteiger partial charge in [-0.15, -0.1) is 11.3 Å². The van der Waals surface area contributed by atoms with Gasteiger partial charge in [0, 0.05) is 18.8 Å². The third-order valence-electron chi connectivity index (χ3n) is 5.04. The molecule has 0 aliphatic heterocycles. The van der Waals surface area contributed by atoms with Crippen molar-refractivity contribution in [3.05, 3.63) is 45.1 Å². The molecule has 4 rings (SSSR count). The molecule has 0 radical (unpaired) electrons. The van der Waals surface area contributed by atoms with Crippen LogP contribution in [0.3, 0.4) is 0 Å². The van der Waals surface area contributed by atoms with E-state index in [0.717, 1.165) is 31.2 Å². The van der Waals surface area contributed by atoms with Crippen molar-refractivity contribution in [2.75, 3.05) is 0 Å². The molecule has 1 aliphatic rings. The quantitative estimate of drug-likeness (QED) is 0.644. The number of nitrogens with zero attached hydrogens (tertiary/aromatic N) is 4. The summed E-state index contributed by atoms with van der Waals surface area (Å²) in [6.45, 7) is 2.19. The summed E-state index contributed by atoms with van der Waals surface area (Å²) in [5.41, 5.74) is 1.44. The zero-order valence-corrected chi connectivity index (χ0v) is 16.3. The molecule has 0 N–H and O–H groups in total. The maximum atomic E-state index is 12.9. The normalized spacial score (nSPS) is 15.3. The van der Waals surface area contributed by atoms with Crippen LogP contribution in [0.15, 0.2) is 23.5 Å². The number of carbonyl (C=O) groups excluding carboxylic acids is 1. The van der Waals surface area contributed by atoms with E-state index in [9.17, 15) is 9.59 Å². The lowest BCUT2D eigenvalue weighted by molar-refractivity contribution is 0.0216. The minimum Gasteiger partial charge on any atom is -0.458 e. The number of aromatic nitrogens is 4. The lowest BCUT2D eigenvalue weighted by Crippen LogP contribution is -2.22. The minimum atomic E-state index is -0.333. The van der Waals surface area contributed by atoms with E-state index in [0.29, 0.717) is 27.2 Å². The van der Waals surface area contributed by atoms with Crippen molar-refractivity contribution in [3.63, 3.8) is 0 Å². The summed E-state index contributed by atoms with van der Waals surface area (Å²) in [6.07, 6.45) is 10.4. The summed E-state index contributed by atoms with van der Waals surface area (Å²) >= 11 is 1.24. The fourth-order valence-corrected chi connectivity index (χ4v) is 4.63. The zero-order valence-electron chi connectivity index (χ0n) is 15.5. The Morgan fingerprint density at radius 2 is 2.11 bits per heavy atom. The van der Waals surface area contributed by atoms with Crippen LogP contribution in [0.25, 0.3) is 10.2 Å². The van der Waals surface area contributed by atoms with Crippen molar-refractivity contribution < 1.29 is 9.53 Å². The van der Waals surface area contributed by atoms with Gasteiger partial charge in [-0.2, -0.15) is 5.10 Å². The minimum absolute atomic E-state index is 0.00828. The molecule has 1 saturated carbocycles. The average Bonchev–Trinajstić information content (AvgIpc) is 3.22. The number of rotatable bonds is 4. The molecule has 142 valence electrons. The molecule has 0 saturated heterocycles. The van der Waals surface area contributed by atoms with E-state index in [1.54, 1.807) is 22.4 Å². The van der Waals surface area contributed by atoms with Gasteiger partial charge in [0.05, 0.1) is 24.5 Å². The second kappa shape index (κ2) is 7.26. The first-order valence-corrected chi connectivity index (χ1v) is 10.0. The van der Waals surface area contributed by atoms with E-state index in [4.69, 9.17) is 4.74 Å². The van der Waals surface area contributed by atoms with Crippen LogP contribution in [0, 0.1) is 6.92 Å². The van der Waals surface area contributed by atoms with Gasteiger partial charge in [-0.25, -0.2) is 9.78 Å². The molecule has 27 heavy (non-hydrogen) atoms. The van der Waals surface area contributed by atoms with E-state index in [1.807, 2.05) is 13.2 Å². The fraction of sp³-hybridized carbons (Fsp3) is 0.474. The van der Waals surface area contributed by atoms with Gasteiger partial charge in [0.1, 0.15) is 15.8 Å². The van der Waals surface area contributed by atoms with Crippen molar-refractivity contribution in [2.45, 2.75) is 51.7 Å².